The Bertz CT molecular complexity index is 587. The Morgan fingerprint density at radius 2 is 1.95 bits per heavy atom. The van der Waals surface area contributed by atoms with Gasteiger partial charge in [-0.05, 0) is 23.5 Å². The summed E-state index contributed by atoms with van der Waals surface area (Å²) in [5, 5.41) is 5.68. The lowest BCUT2D eigenvalue weighted by molar-refractivity contribution is 0.274. The molecule has 1 unspecified atom stereocenters. The average molecular weight is 272 g/mol. The predicted molar refractivity (Wildman–Crippen MR) is 85.4 cm³/mol. The number of aromatic nitrogens is 1. The number of hydrogen-bond acceptors (Lipinski definition) is 3. The van der Waals surface area contributed by atoms with Crippen LogP contribution in [-0.4, -0.2) is 18.6 Å². The Balaban J connectivity index is 2.27. The summed E-state index contributed by atoms with van der Waals surface area (Å²) in [6.07, 6.45) is 1.83. The van der Waals surface area contributed by atoms with Crippen molar-refractivity contribution in [2.24, 2.45) is 11.3 Å². The summed E-state index contributed by atoms with van der Waals surface area (Å²) in [5.41, 5.74) is 0.287. The molecule has 0 aliphatic rings. The maximum Gasteiger partial charge on any atom is 0.133 e. The molecule has 0 spiro atoms. The third kappa shape index (κ3) is 3.03. The van der Waals surface area contributed by atoms with Gasteiger partial charge in [0.05, 0.1) is 7.11 Å². The SMILES string of the molecule is COc1cccc2c(NCC(C)C(C)(C)C)nccc12. The van der Waals surface area contributed by atoms with Gasteiger partial charge in [-0.15, -0.1) is 0 Å². The Morgan fingerprint density at radius 1 is 1.20 bits per heavy atom. The predicted octanol–water partition coefficient (Wildman–Crippen LogP) is 4.34. The molecule has 2 rings (SSSR count). The van der Waals surface area contributed by atoms with Crippen LogP contribution in [0.5, 0.6) is 5.75 Å². The summed E-state index contributed by atoms with van der Waals surface area (Å²) in [4.78, 5) is 4.47. The zero-order chi connectivity index (χ0) is 14.8. The van der Waals surface area contributed by atoms with E-state index in [9.17, 15) is 0 Å². The van der Waals surface area contributed by atoms with Gasteiger partial charge in [0.15, 0.2) is 0 Å². The first kappa shape index (κ1) is 14.6. The largest absolute Gasteiger partial charge is 0.496 e. The summed E-state index contributed by atoms with van der Waals surface area (Å²) >= 11 is 0. The summed E-state index contributed by atoms with van der Waals surface area (Å²) in [7, 11) is 1.70. The summed E-state index contributed by atoms with van der Waals surface area (Å²) in [5.74, 6) is 2.37. The number of benzene rings is 1. The van der Waals surface area contributed by atoms with Gasteiger partial charge >= 0.3 is 0 Å². The third-order valence-corrected chi connectivity index (χ3v) is 4.04. The number of nitrogens with one attached hydrogen (secondary N) is 1. The fourth-order valence-electron chi connectivity index (χ4n) is 2.05. The van der Waals surface area contributed by atoms with Gasteiger partial charge in [0.1, 0.15) is 11.6 Å². The van der Waals surface area contributed by atoms with E-state index in [1.807, 2.05) is 24.4 Å². The molecule has 20 heavy (non-hydrogen) atoms. The quantitative estimate of drug-likeness (QED) is 0.899. The van der Waals surface area contributed by atoms with Crippen LogP contribution in [0.2, 0.25) is 0 Å². The van der Waals surface area contributed by atoms with Crippen LogP contribution >= 0.6 is 0 Å². The Hall–Kier alpha value is -1.77. The van der Waals surface area contributed by atoms with Crippen molar-refractivity contribution in [3.8, 4) is 5.75 Å². The molecule has 1 atom stereocenters. The van der Waals surface area contributed by atoms with E-state index in [0.29, 0.717) is 5.92 Å². The number of nitrogens with zero attached hydrogens (tertiary/aromatic N) is 1. The van der Waals surface area contributed by atoms with E-state index in [-0.39, 0.29) is 5.41 Å². The van der Waals surface area contributed by atoms with Crippen molar-refractivity contribution >= 4 is 16.6 Å². The van der Waals surface area contributed by atoms with Gasteiger partial charge < -0.3 is 10.1 Å². The molecule has 1 N–H and O–H groups in total. The molecule has 2 aromatic rings. The lowest BCUT2D eigenvalue weighted by Crippen LogP contribution is -2.25. The molecular weight excluding hydrogens is 248 g/mol. The molecular formula is C17H24N2O. The van der Waals surface area contributed by atoms with Crippen molar-refractivity contribution in [3.63, 3.8) is 0 Å². The number of hydrogen-bond donors (Lipinski definition) is 1. The number of anilines is 1. The zero-order valence-electron chi connectivity index (χ0n) is 13.0. The molecule has 1 aromatic carbocycles. The van der Waals surface area contributed by atoms with E-state index in [4.69, 9.17) is 4.74 Å². The highest BCUT2D eigenvalue weighted by molar-refractivity contribution is 5.95. The van der Waals surface area contributed by atoms with E-state index >= 15 is 0 Å². The summed E-state index contributed by atoms with van der Waals surface area (Å²) in [6.45, 7) is 9.96. The average Bonchev–Trinajstić information content (AvgIpc) is 2.42. The number of methoxy groups -OCH3 is 1. The second-order valence-corrected chi connectivity index (χ2v) is 6.36. The highest BCUT2D eigenvalue weighted by Crippen LogP contribution is 2.30. The minimum Gasteiger partial charge on any atom is -0.496 e. The minimum atomic E-state index is 0.287. The number of fused-ring (bicyclic) bond motifs is 1. The maximum atomic E-state index is 5.41. The van der Waals surface area contributed by atoms with Crippen molar-refractivity contribution in [2.75, 3.05) is 19.0 Å². The smallest absolute Gasteiger partial charge is 0.133 e. The van der Waals surface area contributed by atoms with Crippen molar-refractivity contribution in [2.45, 2.75) is 27.7 Å². The maximum absolute atomic E-state index is 5.41. The van der Waals surface area contributed by atoms with Crippen LogP contribution < -0.4 is 10.1 Å². The van der Waals surface area contributed by atoms with Gasteiger partial charge in [-0.2, -0.15) is 0 Å². The molecule has 0 aliphatic carbocycles. The van der Waals surface area contributed by atoms with Crippen LogP contribution in [0.3, 0.4) is 0 Å². The lowest BCUT2D eigenvalue weighted by Gasteiger charge is -2.27. The van der Waals surface area contributed by atoms with Gasteiger partial charge in [-0.1, -0.05) is 39.8 Å². The van der Waals surface area contributed by atoms with Gasteiger partial charge in [-0.3, -0.25) is 0 Å². The van der Waals surface area contributed by atoms with E-state index < -0.39 is 0 Å². The second-order valence-electron chi connectivity index (χ2n) is 6.36. The van der Waals surface area contributed by atoms with Gasteiger partial charge in [0.2, 0.25) is 0 Å². The Labute approximate surface area is 121 Å². The van der Waals surface area contributed by atoms with E-state index in [1.54, 1.807) is 7.11 Å². The fourth-order valence-corrected chi connectivity index (χ4v) is 2.05. The van der Waals surface area contributed by atoms with Gasteiger partial charge in [-0.25, -0.2) is 4.98 Å². The third-order valence-electron chi connectivity index (χ3n) is 4.04. The molecule has 0 saturated heterocycles. The number of rotatable bonds is 4. The molecule has 1 aromatic heterocycles. The highest BCUT2D eigenvalue weighted by atomic mass is 16.5. The van der Waals surface area contributed by atoms with E-state index in [2.05, 4.69) is 44.1 Å². The van der Waals surface area contributed by atoms with Crippen molar-refractivity contribution < 1.29 is 4.74 Å². The van der Waals surface area contributed by atoms with Gasteiger partial charge in [0.25, 0.3) is 0 Å². The van der Waals surface area contributed by atoms with Crippen LogP contribution in [0, 0.1) is 11.3 Å². The Morgan fingerprint density at radius 3 is 2.60 bits per heavy atom. The molecule has 0 radical (unpaired) electrons. The Kier molecular flexibility index (Phi) is 4.17. The molecule has 0 fully saturated rings. The first-order valence-electron chi connectivity index (χ1n) is 7.09. The van der Waals surface area contributed by atoms with Crippen molar-refractivity contribution in [3.05, 3.63) is 30.5 Å². The molecule has 0 saturated carbocycles. The molecule has 108 valence electrons. The topological polar surface area (TPSA) is 34.1 Å². The first-order chi connectivity index (χ1) is 9.43. The highest BCUT2D eigenvalue weighted by Gasteiger charge is 2.20. The standard InChI is InChI=1S/C17H24N2O/c1-12(17(2,3)4)11-19-16-14-7-6-8-15(20-5)13(14)9-10-18-16/h6-10,12H,11H2,1-5H3,(H,18,19). The fraction of sp³-hybridized carbons (Fsp3) is 0.471. The zero-order valence-corrected chi connectivity index (χ0v) is 13.0. The molecule has 1 heterocycles. The minimum absolute atomic E-state index is 0.287. The van der Waals surface area contributed by atoms with Gasteiger partial charge in [0, 0.05) is 23.5 Å². The van der Waals surface area contributed by atoms with Crippen LogP contribution in [0.4, 0.5) is 5.82 Å². The van der Waals surface area contributed by atoms with Crippen molar-refractivity contribution in [1.29, 1.82) is 0 Å². The molecule has 0 bridgehead atoms. The number of ether oxygens (including phenoxy) is 1. The van der Waals surface area contributed by atoms with Crippen LogP contribution in [0.15, 0.2) is 30.5 Å². The normalized spacial score (nSPS) is 13.2. The number of pyridine rings is 1. The summed E-state index contributed by atoms with van der Waals surface area (Å²) < 4.78 is 5.41. The van der Waals surface area contributed by atoms with E-state index in [1.165, 1.54) is 0 Å². The molecule has 3 heteroatoms. The second kappa shape index (κ2) is 5.70. The molecule has 0 amide bonds. The monoisotopic (exact) mass is 272 g/mol. The lowest BCUT2D eigenvalue weighted by atomic mass is 9.82. The van der Waals surface area contributed by atoms with Crippen LogP contribution in [0.25, 0.3) is 10.8 Å². The molecule has 0 aliphatic heterocycles. The van der Waals surface area contributed by atoms with Crippen LogP contribution in [-0.2, 0) is 0 Å². The van der Waals surface area contributed by atoms with E-state index in [0.717, 1.165) is 28.9 Å². The van der Waals surface area contributed by atoms with Crippen molar-refractivity contribution in [1.82, 2.24) is 4.98 Å². The first-order valence-corrected chi connectivity index (χ1v) is 7.09. The van der Waals surface area contributed by atoms with Crippen LogP contribution in [0.1, 0.15) is 27.7 Å². The molecule has 3 nitrogen and oxygen atoms in total. The summed E-state index contributed by atoms with van der Waals surface area (Å²) in [6, 6.07) is 8.05.